The zero-order valence-corrected chi connectivity index (χ0v) is 15.1. The minimum Gasteiger partial charge on any atom is -0.343 e. The van der Waals surface area contributed by atoms with Gasteiger partial charge in [-0.05, 0) is 31.7 Å². The van der Waals surface area contributed by atoms with Crippen molar-refractivity contribution < 1.29 is 9.59 Å². The van der Waals surface area contributed by atoms with Crippen LogP contribution in [-0.4, -0.2) is 60.4 Å². The van der Waals surface area contributed by atoms with Crippen LogP contribution < -0.4 is 5.32 Å². The van der Waals surface area contributed by atoms with Crippen molar-refractivity contribution in [3.63, 3.8) is 0 Å². The fourth-order valence-electron chi connectivity index (χ4n) is 3.82. The van der Waals surface area contributed by atoms with E-state index in [2.05, 4.69) is 24.4 Å². The van der Waals surface area contributed by atoms with E-state index in [-0.39, 0.29) is 17.7 Å². The molecule has 2 saturated heterocycles. The second-order valence-corrected chi connectivity index (χ2v) is 7.28. The summed E-state index contributed by atoms with van der Waals surface area (Å²) in [6.07, 6.45) is 2.94. The van der Waals surface area contributed by atoms with Crippen LogP contribution in [0.4, 0.5) is 0 Å². The maximum absolute atomic E-state index is 12.7. The van der Waals surface area contributed by atoms with E-state index in [1.54, 1.807) is 0 Å². The van der Waals surface area contributed by atoms with E-state index in [1.165, 1.54) is 5.56 Å². The molecular formula is C20H29N3O2. The SMILES string of the molecule is CC1CN(C(=O)C2CCN(C(=O)CCc3ccccc3)CC2)CCN1. The van der Waals surface area contributed by atoms with E-state index >= 15 is 0 Å². The highest BCUT2D eigenvalue weighted by molar-refractivity contribution is 5.80. The minimum absolute atomic E-state index is 0.0865. The van der Waals surface area contributed by atoms with Crippen LogP contribution in [-0.2, 0) is 16.0 Å². The molecule has 0 aromatic heterocycles. The Hall–Kier alpha value is -1.88. The summed E-state index contributed by atoms with van der Waals surface area (Å²) in [4.78, 5) is 29.0. The summed E-state index contributed by atoms with van der Waals surface area (Å²) in [5, 5.41) is 3.37. The molecule has 25 heavy (non-hydrogen) atoms. The highest BCUT2D eigenvalue weighted by Gasteiger charge is 2.31. The zero-order valence-electron chi connectivity index (χ0n) is 15.1. The summed E-state index contributed by atoms with van der Waals surface area (Å²) in [5.41, 5.74) is 1.20. The molecule has 2 heterocycles. The van der Waals surface area contributed by atoms with E-state index in [0.29, 0.717) is 25.6 Å². The first-order chi connectivity index (χ1) is 12.1. The van der Waals surface area contributed by atoms with Gasteiger partial charge in [-0.1, -0.05) is 30.3 Å². The van der Waals surface area contributed by atoms with E-state index in [9.17, 15) is 9.59 Å². The maximum Gasteiger partial charge on any atom is 0.225 e. The third-order valence-electron chi connectivity index (χ3n) is 5.35. The third kappa shape index (κ3) is 4.82. The van der Waals surface area contributed by atoms with Gasteiger partial charge in [0.1, 0.15) is 0 Å². The lowest BCUT2D eigenvalue weighted by Crippen LogP contribution is -2.54. The second kappa shape index (κ2) is 8.48. The van der Waals surface area contributed by atoms with E-state index < -0.39 is 0 Å². The topological polar surface area (TPSA) is 52.7 Å². The van der Waals surface area contributed by atoms with Crippen molar-refractivity contribution in [3.05, 3.63) is 35.9 Å². The van der Waals surface area contributed by atoms with Gasteiger partial charge in [0, 0.05) is 51.1 Å². The van der Waals surface area contributed by atoms with Crippen molar-refractivity contribution in [1.29, 1.82) is 0 Å². The van der Waals surface area contributed by atoms with Gasteiger partial charge in [-0.25, -0.2) is 0 Å². The lowest BCUT2D eigenvalue weighted by atomic mass is 9.94. The molecule has 0 spiro atoms. The lowest BCUT2D eigenvalue weighted by molar-refractivity contribution is -0.141. The average Bonchev–Trinajstić information content (AvgIpc) is 2.66. The molecule has 0 radical (unpaired) electrons. The van der Waals surface area contributed by atoms with Crippen molar-refractivity contribution in [3.8, 4) is 0 Å². The summed E-state index contributed by atoms with van der Waals surface area (Å²) in [5.74, 6) is 0.582. The molecule has 1 atom stereocenters. The molecule has 3 rings (SSSR count). The van der Waals surface area contributed by atoms with Gasteiger partial charge in [0.15, 0.2) is 0 Å². The van der Waals surface area contributed by atoms with Gasteiger partial charge >= 0.3 is 0 Å². The Balaban J connectivity index is 1.43. The number of nitrogens with zero attached hydrogens (tertiary/aromatic N) is 2. The molecule has 2 aliphatic heterocycles. The van der Waals surface area contributed by atoms with Crippen LogP contribution in [0, 0.1) is 5.92 Å². The fourth-order valence-corrected chi connectivity index (χ4v) is 3.82. The molecular weight excluding hydrogens is 314 g/mol. The Morgan fingerprint density at radius 2 is 1.80 bits per heavy atom. The van der Waals surface area contributed by atoms with Crippen molar-refractivity contribution in [1.82, 2.24) is 15.1 Å². The number of piperidine rings is 1. The van der Waals surface area contributed by atoms with E-state index in [0.717, 1.165) is 38.9 Å². The predicted molar refractivity (Wildman–Crippen MR) is 98.1 cm³/mol. The minimum atomic E-state index is 0.0865. The standard InChI is InChI=1S/C20H29N3O2/c1-16-15-23(14-11-21-16)20(25)18-9-12-22(13-10-18)19(24)8-7-17-5-3-2-4-6-17/h2-6,16,18,21H,7-15H2,1H3. The van der Waals surface area contributed by atoms with Gasteiger partial charge in [-0.3, -0.25) is 9.59 Å². The molecule has 0 saturated carbocycles. The van der Waals surface area contributed by atoms with Gasteiger partial charge in [0.2, 0.25) is 11.8 Å². The normalized spacial score (nSPS) is 22.0. The van der Waals surface area contributed by atoms with E-state index in [4.69, 9.17) is 0 Å². The predicted octanol–water partition coefficient (Wildman–Crippen LogP) is 1.68. The third-order valence-corrected chi connectivity index (χ3v) is 5.35. The van der Waals surface area contributed by atoms with Crippen molar-refractivity contribution >= 4 is 11.8 Å². The highest BCUT2D eigenvalue weighted by atomic mass is 16.2. The summed E-state index contributed by atoms with van der Waals surface area (Å²) in [6.45, 7) is 6.03. The number of piperazine rings is 1. The number of hydrogen-bond acceptors (Lipinski definition) is 3. The molecule has 1 aromatic carbocycles. The van der Waals surface area contributed by atoms with Crippen LogP contribution >= 0.6 is 0 Å². The molecule has 5 heteroatoms. The van der Waals surface area contributed by atoms with Gasteiger partial charge < -0.3 is 15.1 Å². The Kier molecular flexibility index (Phi) is 6.08. The van der Waals surface area contributed by atoms with Gasteiger partial charge in [-0.15, -0.1) is 0 Å². The van der Waals surface area contributed by atoms with Crippen LogP contribution in [0.3, 0.4) is 0 Å². The van der Waals surface area contributed by atoms with Crippen LogP contribution in [0.5, 0.6) is 0 Å². The first-order valence-corrected chi connectivity index (χ1v) is 9.47. The molecule has 2 aliphatic rings. The Bertz CT molecular complexity index is 582. The summed E-state index contributed by atoms with van der Waals surface area (Å²) in [6, 6.07) is 10.5. The molecule has 1 aromatic rings. The smallest absolute Gasteiger partial charge is 0.225 e. The van der Waals surface area contributed by atoms with Gasteiger partial charge in [-0.2, -0.15) is 0 Å². The molecule has 5 nitrogen and oxygen atoms in total. The largest absolute Gasteiger partial charge is 0.343 e. The number of carbonyl (C=O) groups is 2. The van der Waals surface area contributed by atoms with Crippen molar-refractivity contribution in [2.45, 2.75) is 38.6 Å². The fraction of sp³-hybridized carbons (Fsp3) is 0.600. The quantitative estimate of drug-likeness (QED) is 0.905. The van der Waals surface area contributed by atoms with Crippen LogP contribution in [0.2, 0.25) is 0 Å². The van der Waals surface area contributed by atoms with Crippen molar-refractivity contribution in [2.75, 3.05) is 32.7 Å². The average molecular weight is 343 g/mol. The van der Waals surface area contributed by atoms with Gasteiger partial charge in [0.05, 0.1) is 0 Å². The highest BCUT2D eigenvalue weighted by Crippen LogP contribution is 2.21. The number of benzene rings is 1. The second-order valence-electron chi connectivity index (χ2n) is 7.28. The Labute approximate surface area is 150 Å². The number of aryl methyl sites for hydroxylation is 1. The molecule has 2 amide bonds. The number of carbonyl (C=O) groups excluding carboxylic acids is 2. The van der Waals surface area contributed by atoms with Crippen LogP contribution in [0.25, 0.3) is 0 Å². The van der Waals surface area contributed by atoms with Gasteiger partial charge in [0.25, 0.3) is 0 Å². The number of nitrogens with one attached hydrogen (secondary N) is 1. The van der Waals surface area contributed by atoms with E-state index in [1.807, 2.05) is 28.0 Å². The Morgan fingerprint density at radius 1 is 1.08 bits per heavy atom. The number of hydrogen-bond donors (Lipinski definition) is 1. The Morgan fingerprint density at radius 3 is 2.48 bits per heavy atom. The molecule has 0 bridgehead atoms. The summed E-state index contributed by atoms with van der Waals surface area (Å²) >= 11 is 0. The zero-order chi connectivity index (χ0) is 17.6. The molecule has 2 fully saturated rings. The first kappa shape index (κ1) is 17.9. The molecule has 136 valence electrons. The summed E-state index contributed by atoms with van der Waals surface area (Å²) in [7, 11) is 0. The van der Waals surface area contributed by atoms with Crippen LogP contribution in [0.1, 0.15) is 31.7 Å². The maximum atomic E-state index is 12.7. The first-order valence-electron chi connectivity index (χ1n) is 9.47. The number of rotatable bonds is 4. The summed E-state index contributed by atoms with van der Waals surface area (Å²) < 4.78 is 0. The monoisotopic (exact) mass is 343 g/mol. The molecule has 1 N–H and O–H groups in total. The van der Waals surface area contributed by atoms with Crippen LogP contribution in [0.15, 0.2) is 30.3 Å². The lowest BCUT2D eigenvalue weighted by Gasteiger charge is -2.37. The molecule has 1 unspecified atom stereocenters. The van der Waals surface area contributed by atoms with Crippen molar-refractivity contribution in [2.24, 2.45) is 5.92 Å². The molecule has 0 aliphatic carbocycles. The number of likely N-dealkylation sites (tertiary alicyclic amines) is 1. The number of amides is 2.